The average molecular weight is 278 g/mol. The monoisotopic (exact) mass is 278 g/mol. The topological polar surface area (TPSA) is 76.7 Å². The molecule has 6 nitrogen and oxygen atoms in total. The highest BCUT2D eigenvalue weighted by Gasteiger charge is 2.20. The van der Waals surface area contributed by atoms with E-state index in [0.29, 0.717) is 11.4 Å². The van der Waals surface area contributed by atoms with Crippen LogP contribution in [0.25, 0.3) is 0 Å². The Morgan fingerprint density at radius 3 is 2.90 bits per heavy atom. The molecule has 1 heterocycles. The summed E-state index contributed by atoms with van der Waals surface area (Å²) in [6, 6.07) is 4.81. The summed E-state index contributed by atoms with van der Waals surface area (Å²) in [5, 5.41) is 5.66. The van der Waals surface area contributed by atoms with E-state index in [2.05, 4.69) is 10.6 Å². The molecule has 20 heavy (non-hydrogen) atoms. The highest BCUT2D eigenvalue weighted by molar-refractivity contribution is 5.86. The number of fused-ring (bicyclic) bond motifs is 1. The van der Waals surface area contributed by atoms with Gasteiger partial charge in [0.2, 0.25) is 0 Å². The van der Waals surface area contributed by atoms with Gasteiger partial charge in [-0.05, 0) is 32.9 Å². The number of ether oxygens (including phenoxy) is 2. The maximum atomic E-state index is 11.7. The second kappa shape index (κ2) is 5.40. The summed E-state index contributed by atoms with van der Waals surface area (Å²) in [6.07, 6.45) is 0.280. The number of hydrogen-bond acceptors (Lipinski definition) is 5. The third-order valence-corrected chi connectivity index (χ3v) is 2.55. The van der Waals surface area contributed by atoms with E-state index < -0.39 is 11.7 Å². The molecule has 0 aliphatic carbocycles. The zero-order valence-corrected chi connectivity index (χ0v) is 11.7. The van der Waals surface area contributed by atoms with Crippen molar-refractivity contribution in [1.29, 1.82) is 0 Å². The molecule has 1 aliphatic heterocycles. The van der Waals surface area contributed by atoms with E-state index in [0.717, 1.165) is 12.0 Å². The lowest BCUT2D eigenvalue weighted by atomic mass is 10.2. The standard InChI is InChI=1S/C14H18N2O4/c1-14(2,3)20-13(18)16-9-4-5-11-12(6-9)19-8-10(7-17)15-11/h4-7,10,15H,8H2,1-3H3,(H,16,18). The first-order chi connectivity index (χ1) is 9.37. The summed E-state index contributed by atoms with van der Waals surface area (Å²) in [5.74, 6) is 0.594. The van der Waals surface area contributed by atoms with E-state index in [-0.39, 0.29) is 12.6 Å². The molecule has 1 aromatic carbocycles. The lowest BCUT2D eigenvalue weighted by Crippen LogP contribution is -2.32. The van der Waals surface area contributed by atoms with Crippen LogP contribution in [0.15, 0.2) is 18.2 Å². The molecule has 0 spiro atoms. The molecular weight excluding hydrogens is 260 g/mol. The van der Waals surface area contributed by atoms with Crippen LogP contribution in [0.5, 0.6) is 5.75 Å². The second-order valence-electron chi connectivity index (χ2n) is 5.54. The first-order valence-electron chi connectivity index (χ1n) is 6.36. The van der Waals surface area contributed by atoms with Crippen molar-refractivity contribution in [2.24, 2.45) is 0 Å². The van der Waals surface area contributed by atoms with Gasteiger partial charge in [-0.25, -0.2) is 4.79 Å². The van der Waals surface area contributed by atoms with Gasteiger partial charge >= 0.3 is 6.09 Å². The fourth-order valence-corrected chi connectivity index (χ4v) is 1.75. The van der Waals surface area contributed by atoms with E-state index in [1.807, 2.05) is 0 Å². The molecule has 1 aliphatic rings. The van der Waals surface area contributed by atoms with Gasteiger partial charge in [0.05, 0.1) is 5.69 Å². The van der Waals surface area contributed by atoms with Crippen LogP contribution < -0.4 is 15.4 Å². The van der Waals surface area contributed by atoms with Crippen molar-refractivity contribution >= 4 is 23.8 Å². The van der Waals surface area contributed by atoms with Crippen molar-refractivity contribution in [3.05, 3.63) is 18.2 Å². The van der Waals surface area contributed by atoms with Crippen molar-refractivity contribution in [2.45, 2.75) is 32.4 Å². The molecule has 1 aromatic rings. The summed E-state index contributed by atoms with van der Waals surface area (Å²) in [4.78, 5) is 22.4. The third-order valence-electron chi connectivity index (χ3n) is 2.55. The first-order valence-corrected chi connectivity index (χ1v) is 6.36. The van der Waals surface area contributed by atoms with Gasteiger partial charge in [-0.2, -0.15) is 0 Å². The van der Waals surface area contributed by atoms with Gasteiger partial charge in [-0.15, -0.1) is 0 Å². The fraction of sp³-hybridized carbons (Fsp3) is 0.429. The van der Waals surface area contributed by atoms with E-state index in [1.54, 1.807) is 39.0 Å². The van der Waals surface area contributed by atoms with Gasteiger partial charge in [-0.1, -0.05) is 0 Å². The maximum Gasteiger partial charge on any atom is 0.412 e. The Bertz CT molecular complexity index is 522. The van der Waals surface area contributed by atoms with Crippen molar-refractivity contribution in [2.75, 3.05) is 17.2 Å². The Hall–Kier alpha value is -2.24. The normalized spacial score (nSPS) is 17.2. The Balaban J connectivity index is 2.05. The van der Waals surface area contributed by atoms with Crippen LogP contribution in [0.1, 0.15) is 20.8 Å². The Morgan fingerprint density at radius 1 is 1.50 bits per heavy atom. The van der Waals surface area contributed by atoms with Crippen LogP contribution in [0.3, 0.4) is 0 Å². The minimum Gasteiger partial charge on any atom is -0.489 e. The van der Waals surface area contributed by atoms with E-state index in [1.165, 1.54) is 0 Å². The molecule has 108 valence electrons. The largest absolute Gasteiger partial charge is 0.489 e. The predicted molar refractivity (Wildman–Crippen MR) is 75.3 cm³/mol. The van der Waals surface area contributed by atoms with Crippen molar-refractivity contribution in [3.8, 4) is 5.75 Å². The SMILES string of the molecule is CC(C)(C)OC(=O)Nc1ccc2c(c1)OCC(C=O)N2. The Labute approximate surface area is 117 Å². The van der Waals surface area contributed by atoms with Crippen LogP contribution in [-0.4, -0.2) is 30.6 Å². The van der Waals surface area contributed by atoms with Crippen molar-refractivity contribution < 1.29 is 19.1 Å². The minimum absolute atomic E-state index is 0.270. The lowest BCUT2D eigenvalue weighted by molar-refractivity contribution is -0.109. The molecule has 0 fully saturated rings. The number of benzene rings is 1. The highest BCUT2D eigenvalue weighted by atomic mass is 16.6. The van der Waals surface area contributed by atoms with Gasteiger partial charge < -0.3 is 19.6 Å². The zero-order chi connectivity index (χ0) is 14.8. The second-order valence-corrected chi connectivity index (χ2v) is 5.54. The molecule has 0 aromatic heterocycles. The lowest BCUT2D eigenvalue weighted by Gasteiger charge is -2.24. The van der Waals surface area contributed by atoms with E-state index >= 15 is 0 Å². The minimum atomic E-state index is -0.548. The fourth-order valence-electron chi connectivity index (χ4n) is 1.75. The molecule has 6 heteroatoms. The van der Waals surface area contributed by atoms with Crippen LogP contribution in [0.4, 0.5) is 16.2 Å². The first kappa shape index (κ1) is 14.2. The van der Waals surface area contributed by atoms with Crippen LogP contribution >= 0.6 is 0 Å². The number of nitrogens with one attached hydrogen (secondary N) is 2. The summed E-state index contributed by atoms with van der Waals surface area (Å²) in [6.45, 7) is 5.66. The molecule has 1 unspecified atom stereocenters. The van der Waals surface area contributed by atoms with Gasteiger partial charge in [0.1, 0.15) is 30.3 Å². The molecule has 1 amide bonds. The van der Waals surface area contributed by atoms with Gasteiger partial charge in [0.25, 0.3) is 0 Å². The predicted octanol–water partition coefficient (Wildman–Crippen LogP) is 2.41. The van der Waals surface area contributed by atoms with E-state index in [4.69, 9.17) is 9.47 Å². The summed E-state index contributed by atoms with van der Waals surface area (Å²) < 4.78 is 10.6. The third kappa shape index (κ3) is 3.63. The quantitative estimate of drug-likeness (QED) is 0.812. The number of aldehydes is 1. The van der Waals surface area contributed by atoms with E-state index in [9.17, 15) is 9.59 Å². The summed E-state index contributed by atoms with van der Waals surface area (Å²) in [7, 11) is 0. The van der Waals surface area contributed by atoms with Crippen molar-refractivity contribution in [3.63, 3.8) is 0 Å². The van der Waals surface area contributed by atoms with Crippen molar-refractivity contribution in [1.82, 2.24) is 0 Å². The maximum absolute atomic E-state index is 11.7. The number of hydrogen-bond donors (Lipinski definition) is 2. The molecule has 1 atom stereocenters. The summed E-state index contributed by atoms with van der Waals surface area (Å²) in [5.41, 5.74) is 0.750. The summed E-state index contributed by atoms with van der Waals surface area (Å²) >= 11 is 0. The number of carbonyl (C=O) groups is 2. The van der Waals surface area contributed by atoms with Gasteiger partial charge in [0.15, 0.2) is 0 Å². The molecule has 2 rings (SSSR count). The van der Waals surface area contributed by atoms with Crippen LogP contribution in [-0.2, 0) is 9.53 Å². The zero-order valence-electron chi connectivity index (χ0n) is 11.7. The molecule has 0 saturated heterocycles. The highest BCUT2D eigenvalue weighted by Crippen LogP contribution is 2.31. The van der Waals surface area contributed by atoms with Gasteiger partial charge in [0, 0.05) is 11.8 Å². The van der Waals surface area contributed by atoms with Gasteiger partial charge in [-0.3, -0.25) is 5.32 Å². The molecular formula is C14H18N2O4. The van der Waals surface area contributed by atoms with Crippen LogP contribution in [0, 0.1) is 0 Å². The number of carbonyl (C=O) groups excluding carboxylic acids is 2. The van der Waals surface area contributed by atoms with Crippen LogP contribution in [0.2, 0.25) is 0 Å². The smallest absolute Gasteiger partial charge is 0.412 e. The molecule has 0 bridgehead atoms. The Kier molecular flexibility index (Phi) is 3.83. The number of anilines is 2. The molecule has 2 N–H and O–H groups in total. The molecule has 0 saturated carbocycles. The average Bonchev–Trinajstić information content (AvgIpc) is 2.35. The number of rotatable bonds is 2. The Morgan fingerprint density at radius 2 is 2.25 bits per heavy atom. The number of amides is 1. The molecule has 0 radical (unpaired) electrons.